The zero-order valence-corrected chi connectivity index (χ0v) is 16.9. The zero-order chi connectivity index (χ0) is 20.6. The van der Waals surface area contributed by atoms with Gasteiger partial charge in [-0.3, -0.25) is 0 Å². The molecule has 3 saturated carbocycles. The van der Waals surface area contributed by atoms with Crippen molar-refractivity contribution in [2.45, 2.75) is 70.6 Å². The van der Waals surface area contributed by atoms with E-state index >= 15 is 0 Å². The van der Waals surface area contributed by atoms with E-state index in [0.29, 0.717) is 5.92 Å². The van der Waals surface area contributed by atoms with Crippen LogP contribution in [0.4, 0.5) is 17.6 Å². The second-order valence-corrected chi connectivity index (χ2v) is 9.27. The number of hydrogen-bond donors (Lipinski definition) is 0. The second-order valence-electron chi connectivity index (χ2n) is 9.27. The van der Waals surface area contributed by atoms with E-state index in [9.17, 15) is 17.6 Å². The van der Waals surface area contributed by atoms with Crippen LogP contribution in [-0.4, -0.2) is 6.36 Å². The number of alkyl halides is 3. The molecule has 29 heavy (non-hydrogen) atoms. The minimum atomic E-state index is -4.87. The third-order valence-electron chi connectivity index (χ3n) is 7.70. The molecule has 0 saturated heterocycles. The van der Waals surface area contributed by atoms with Gasteiger partial charge in [-0.25, -0.2) is 4.39 Å². The standard InChI is InChI=1S/C24H30F4O/c1-2-3-15-4-9-20-18(12-15)5-6-19-13-16(7-10-21(19)20)17-8-11-23(22(25)14-17)29-24(26,27)28/h2-3,8,11,14-16,18-21H,4-7,9-10,12-13H2,1H3. The number of halogens is 4. The molecule has 0 amide bonds. The van der Waals surface area contributed by atoms with Gasteiger partial charge >= 0.3 is 6.36 Å². The third kappa shape index (κ3) is 4.64. The Hall–Kier alpha value is -1.52. The van der Waals surface area contributed by atoms with Crippen LogP contribution >= 0.6 is 0 Å². The van der Waals surface area contributed by atoms with Crippen molar-refractivity contribution in [2.75, 3.05) is 0 Å². The summed E-state index contributed by atoms with van der Waals surface area (Å²) in [5.74, 6) is 2.43. The first-order chi connectivity index (χ1) is 13.8. The Morgan fingerprint density at radius 2 is 1.62 bits per heavy atom. The summed E-state index contributed by atoms with van der Waals surface area (Å²) in [6.07, 6.45) is 9.36. The molecule has 0 radical (unpaired) electrons. The van der Waals surface area contributed by atoms with Gasteiger partial charge in [0.1, 0.15) is 0 Å². The van der Waals surface area contributed by atoms with Crippen LogP contribution in [0, 0.1) is 35.4 Å². The maximum absolute atomic E-state index is 14.2. The fraction of sp³-hybridized carbons (Fsp3) is 0.667. The molecule has 3 aliphatic carbocycles. The average molecular weight is 410 g/mol. The summed E-state index contributed by atoms with van der Waals surface area (Å²) in [7, 11) is 0. The summed E-state index contributed by atoms with van der Waals surface area (Å²) in [6, 6.07) is 3.99. The van der Waals surface area contributed by atoms with Gasteiger partial charge in [0, 0.05) is 0 Å². The van der Waals surface area contributed by atoms with Crippen molar-refractivity contribution in [1.82, 2.24) is 0 Å². The Morgan fingerprint density at radius 1 is 0.931 bits per heavy atom. The van der Waals surface area contributed by atoms with Crippen molar-refractivity contribution in [3.8, 4) is 5.75 Å². The first kappa shape index (κ1) is 20.7. The molecule has 0 N–H and O–H groups in total. The highest BCUT2D eigenvalue weighted by atomic mass is 19.4. The lowest BCUT2D eigenvalue weighted by Gasteiger charge is -2.50. The van der Waals surface area contributed by atoms with Crippen molar-refractivity contribution in [3.05, 3.63) is 41.7 Å². The molecule has 1 aromatic rings. The highest BCUT2D eigenvalue weighted by Gasteiger charge is 2.44. The predicted octanol–water partition coefficient (Wildman–Crippen LogP) is 7.63. The molecule has 0 aliphatic heterocycles. The molecule has 3 fully saturated rings. The average Bonchev–Trinajstić information content (AvgIpc) is 2.68. The molecule has 0 spiro atoms. The normalized spacial score (nSPS) is 35.2. The minimum Gasteiger partial charge on any atom is -0.403 e. The molecule has 6 atom stereocenters. The summed E-state index contributed by atoms with van der Waals surface area (Å²) < 4.78 is 55.0. The van der Waals surface area contributed by atoms with Gasteiger partial charge in [-0.05, 0) is 111 Å². The van der Waals surface area contributed by atoms with Crippen LogP contribution in [0.1, 0.15) is 69.8 Å². The van der Waals surface area contributed by atoms with E-state index < -0.39 is 17.9 Å². The maximum atomic E-state index is 14.2. The van der Waals surface area contributed by atoms with Gasteiger partial charge in [0.2, 0.25) is 0 Å². The molecular weight excluding hydrogens is 380 g/mol. The highest BCUT2D eigenvalue weighted by Crippen LogP contribution is 2.55. The van der Waals surface area contributed by atoms with E-state index in [2.05, 4.69) is 23.8 Å². The van der Waals surface area contributed by atoms with Gasteiger partial charge in [-0.1, -0.05) is 18.2 Å². The monoisotopic (exact) mass is 410 g/mol. The number of ether oxygens (including phenoxy) is 1. The number of fused-ring (bicyclic) bond motifs is 3. The molecule has 3 aliphatic rings. The zero-order valence-electron chi connectivity index (χ0n) is 16.9. The van der Waals surface area contributed by atoms with Crippen LogP contribution in [0.5, 0.6) is 5.75 Å². The second kappa shape index (κ2) is 8.31. The van der Waals surface area contributed by atoms with Crippen molar-refractivity contribution in [3.63, 3.8) is 0 Å². The molecule has 160 valence electrons. The van der Waals surface area contributed by atoms with Gasteiger partial charge in [0.15, 0.2) is 11.6 Å². The van der Waals surface area contributed by atoms with Gasteiger partial charge < -0.3 is 4.74 Å². The van der Waals surface area contributed by atoms with E-state index in [-0.39, 0.29) is 5.92 Å². The van der Waals surface area contributed by atoms with Gasteiger partial charge in [0.05, 0.1) is 0 Å². The fourth-order valence-electron chi connectivity index (χ4n) is 6.56. The van der Waals surface area contributed by atoms with Crippen molar-refractivity contribution in [1.29, 1.82) is 0 Å². The minimum absolute atomic E-state index is 0.238. The van der Waals surface area contributed by atoms with Crippen molar-refractivity contribution in [2.24, 2.45) is 29.6 Å². The first-order valence-electron chi connectivity index (χ1n) is 11.0. The number of benzene rings is 1. The molecule has 0 bridgehead atoms. The molecule has 6 unspecified atom stereocenters. The van der Waals surface area contributed by atoms with E-state index in [4.69, 9.17) is 0 Å². The van der Waals surface area contributed by atoms with Crippen LogP contribution in [-0.2, 0) is 0 Å². The first-order valence-corrected chi connectivity index (χ1v) is 11.0. The van der Waals surface area contributed by atoms with E-state index in [1.165, 1.54) is 38.2 Å². The molecule has 5 heteroatoms. The Balaban J connectivity index is 1.41. The number of rotatable bonds is 3. The molecule has 1 nitrogen and oxygen atoms in total. The van der Waals surface area contributed by atoms with Gasteiger partial charge in [-0.15, -0.1) is 13.2 Å². The van der Waals surface area contributed by atoms with Gasteiger partial charge in [0.25, 0.3) is 0 Å². The van der Waals surface area contributed by atoms with Crippen molar-refractivity contribution < 1.29 is 22.3 Å². The Kier molecular flexibility index (Phi) is 5.94. The van der Waals surface area contributed by atoms with E-state index in [1.54, 1.807) is 6.07 Å². The third-order valence-corrected chi connectivity index (χ3v) is 7.70. The smallest absolute Gasteiger partial charge is 0.403 e. The predicted molar refractivity (Wildman–Crippen MR) is 105 cm³/mol. The fourth-order valence-corrected chi connectivity index (χ4v) is 6.56. The molecule has 0 aromatic heterocycles. The summed E-state index contributed by atoms with van der Waals surface area (Å²) in [5.41, 5.74) is 0.814. The number of hydrogen-bond acceptors (Lipinski definition) is 1. The summed E-state index contributed by atoms with van der Waals surface area (Å²) in [4.78, 5) is 0. The number of allylic oxidation sites excluding steroid dienone is 2. The molecule has 0 heterocycles. The van der Waals surface area contributed by atoms with E-state index in [1.807, 2.05) is 0 Å². The lowest BCUT2D eigenvalue weighted by molar-refractivity contribution is -0.275. The molecular formula is C24H30F4O. The van der Waals surface area contributed by atoms with Crippen LogP contribution in [0.25, 0.3) is 0 Å². The highest BCUT2D eigenvalue weighted by molar-refractivity contribution is 5.32. The Morgan fingerprint density at radius 3 is 2.28 bits per heavy atom. The Labute approximate surface area is 170 Å². The van der Waals surface area contributed by atoms with Crippen molar-refractivity contribution >= 4 is 0 Å². The largest absolute Gasteiger partial charge is 0.573 e. The van der Waals surface area contributed by atoms with Crippen LogP contribution in [0.2, 0.25) is 0 Å². The summed E-state index contributed by atoms with van der Waals surface area (Å²) in [5, 5.41) is 0. The van der Waals surface area contributed by atoms with Gasteiger partial charge in [-0.2, -0.15) is 0 Å². The van der Waals surface area contributed by atoms with Crippen LogP contribution < -0.4 is 4.74 Å². The van der Waals surface area contributed by atoms with E-state index in [0.717, 1.165) is 54.6 Å². The summed E-state index contributed by atoms with van der Waals surface area (Å²) >= 11 is 0. The molecule has 1 aromatic carbocycles. The maximum Gasteiger partial charge on any atom is 0.573 e. The quantitative estimate of drug-likeness (QED) is 0.368. The van der Waals surface area contributed by atoms with Crippen LogP contribution in [0.3, 0.4) is 0 Å². The lowest BCUT2D eigenvalue weighted by Crippen LogP contribution is -2.41. The van der Waals surface area contributed by atoms with Crippen LogP contribution in [0.15, 0.2) is 30.4 Å². The topological polar surface area (TPSA) is 9.23 Å². The SMILES string of the molecule is CC=CC1CCC2C(CCC3CC(c4ccc(OC(F)(F)F)c(F)c4)CCC32)C1. The lowest BCUT2D eigenvalue weighted by atomic mass is 9.55. The molecule has 4 rings (SSSR count). The summed E-state index contributed by atoms with van der Waals surface area (Å²) in [6.45, 7) is 2.11. The Bertz CT molecular complexity index is 741.